The van der Waals surface area contributed by atoms with Crippen molar-refractivity contribution in [1.29, 1.82) is 0 Å². The van der Waals surface area contributed by atoms with Gasteiger partial charge in [-0.1, -0.05) is 52.9 Å². The van der Waals surface area contributed by atoms with Gasteiger partial charge in [-0.25, -0.2) is 0 Å². The molecule has 1 N–H and O–H groups in total. The third-order valence-corrected chi connectivity index (χ3v) is 6.10. The summed E-state index contributed by atoms with van der Waals surface area (Å²) in [7, 11) is 2.39. The predicted octanol–water partition coefficient (Wildman–Crippen LogP) is 4.45. The second kappa shape index (κ2) is 7.97. The first-order valence-corrected chi connectivity index (χ1v) is 9.48. The maximum atomic E-state index is 3.82. The molecular formula is C19H38N2. The first-order valence-electron chi connectivity index (χ1n) is 9.48. The molecule has 0 bridgehead atoms. The van der Waals surface area contributed by atoms with E-state index in [-0.39, 0.29) is 0 Å². The van der Waals surface area contributed by atoms with Gasteiger partial charge in [0.05, 0.1) is 0 Å². The van der Waals surface area contributed by atoms with Crippen molar-refractivity contribution >= 4 is 0 Å². The zero-order valence-electron chi connectivity index (χ0n) is 15.0. The number of rotatable bonds is 5. The average Bonchev–Trinajstić information content (AvgIpc) is 2.71. The van der Waals surface area contributed by atoms with E-state index in [0.717, 1.165) is 18.5 Å². The van der Waals surface area contributed by atoms with Crippen LogP contribution in [0.2, 0.25) is 0 Å². The van der Waals surface area contributed by atoms with Crippen molar-refractivity contribution in [3.8, 4) is 0 Å². The van der Waals surface area contributed by atoms with Crippen LogP contribution in [0.1, 0.15) is 78.6 Å². The van der Waals surface area contributed by atoms with E-state index in [9.17, 15) is 0 Å². The van der Waals surface area contributed by atoms with Gasteiger partial charge in [-0.05, 0) is 50.6 Å². The van der Waals surface area contributed by atoms with Gasteiger partial charge in [-0.15, -0.1) is 0 Å². The minimum absolute atomic E-state index is 0.462. The lowest BCUT2D eigenvalue weighted by molar-refractivity contribution is 0.0726. The van der Waals surface area contributed by atoms with Crippen LogP contribution in [0, 0.1) is 11.3 Å². The molecule has 2 atom stereocenters. The molecule has 2 nitrogen and oxygen atoms in total. The van der Waals surface area contributed by atoms with Crippen LogP contribution in [0.4, 0.5) is 0 Å². The summed E-state index contributed by atoms with van der Waals surface area (Å²) < 4.78 is 0. The average molecular weight is 295 g/mol. The SMILES string of the molecule is CCNC1C(CN(C)C2CCCCCC2)CCCC1(C)C. The van der Waals surface area contributed by atoms with E-state index in [4.69, 9.17) is 0 Å². The van der Waals surface area contributed by atoms with Crippen LogP contribution in [-0.2, 0) is 0 Å². The Bertz CT molecular complexity index is 292. The van der Waals surface area contributed by atoms with Crippen LogP contribution in [0.5, 0.6) is 0 Å². The molecule has 0 spiro atoms. The van der Waals surface area contributed by atoms with Gasteiger partial charge in [0, 0.05) is 18.6 Å². The summed E-state index contributed by atoms with van der Waals surface area (Å²) in [6, 6.07) is 1.55. The molecule has 0 aromatic heterocycles. The molecule has 2 aliphatic rings. The lowest BCUT2D eigenvalue weighted by atomic mass is 9.67. The Morgan fingerprint density at radius 1 is 1.00 bits per heavy atom. The zero-order chi connectivity index (χ0) is 15.3. The van der Waals surface area contributed by atoms with E-state index in [0.29, 0.717) is 11.5 Å². The van der Waals surface area contributed by atoms with Crippen LogP contribution in [0.25, 0.3) is 0 Å². The normalized spacial score (nSPS) is 31.3. The molecule has 0 aliphatic heterocycles. The molecule has 0 heterocycles. The van der Waals surface area contributed by atoms with Gasteiger partial charge in [0.1, 0.15) is 0 Å². The standard InChI is InChI=1S/C19H38N2/c1-5-20-18-16(11-10-14-19(18,2)3)15-21(4)17-12-8-6-7-9-13-17/h16-18,20H,5-15H2,1-4H3. The van der Waals surface area contributed by atoms with Crippen LogP contribution in [0.3, 0.4) is 0 Å². The highest BCUT2D eigenvalue weighted by molar-refractivity contribution is 4.94. The fourth-order valence-electron chi connectivity index (χ4n) is 4.86. The molecule has 2 unspecified atom stereocenters. The van der Waals surface area contributed by atoms with Gasteiger partial charge in [-0.2, -0.15) is 0 Å². The second-order valence-corrected chi connectivity index (χ2v) is 8.26. The maximum Gasteiger partial charge on any atom is 0.0159 e. The van der Waals surface area contributed by atoms with E-state index >= 15 is 0 Å². The molecule has 0 radical (unpaired) electrons. The van der Waals surface area contributed by atoms with Crippen molar-refractivity contribution in [2.45, 2.75) is 90.6 Å². The predicted molar refractivity (Wildman–Crippen MR) is 92.7 cm³/mol. The molecule has 2 saturated carbocycles. The number of hydrogen-bond acceptors (Lipinski definition) is 2. The molecule has 0 aromatic rings. The lowest BCUT2D eigenvalue weighted by Crippen LogP contribution is -2.53. The van der Waals surface area contributed by atoms with E-state index < -0.39 is 0 Å². The molecule has 2 aliphatic carbocycles. The van der Waals surface area contributed by atoms with Crippen molar-refractivity contribution in [1.82, 2.24) is 10.2 Å². The molecule has 0 aromatic carbocycles. The van der Waals surface area contributed by atoms with Gasteiger partial charge in [0.15, 0.2) is 0 Å². The Kier molecular flexibility index (Phi) is 6.55. The number of hydrogen-bond donors (Lipinski definition) is 1. The first-order chi connectivity index (χ1) is 10.0. The summed E-state index contributed by atoms with van der Waals surface area (Å²) >= 11 is 0. The van der Waals surface area contributed by atoms with Crippen LogP contribution < -0.4 is 5.32 Å². The molecule has 21 heavy (non-hydrogen) atoms. The summed E-state index contributed by atoms with van der Waals surface area (Å²) in [6.07, 6.45) is 12.9. The highest BCUT2D eigenvalue weighted by atomic mass is 15.1. The summed E-state index contributed by atoms with van der Waals surface area (Å²) in [5.41, 5.74) is 0.462. The molecule has 2 heteroatoms. The van der Waals surface area contributed by atoms with E-state index in [1.165, 1.54) is 64.3 Å². The Morgan fingerprint density at radius 2 is 1.67 bits per heavy atom. The van der Waals surface area contributed by atoms with Crippen LogP contribution >= 0.6 is 0 Å². The van der Waals surface area contributed by atoms with Crippen molar-refractivity contribution in [2.24, 2.45) is 11.3 Å². The summed E-state index contributed by atoms with van der Waals surface area (Å²) in [4.78, 5) is 2.71. The highest BCUT2D eigenvalue weighted by Gasteiger charge is 2.39. The summed E-state index contributed by atoms with van der Waals surface area (Å²) in [5.74, 6) is 0.835. The number of nitrogens with one attached hydrogen (secondary N) is 1. The van der Waals surface area contributed by atoms with Gasteiger partial charge in [0.25, 0.3) is 0 Å². The Balaban J connectivity index is 1.94. The molecule has 2 rings (SSSR count). The van der Waals surface area contributed by atoms with Crippen molar-refractivity contribution in [2.75, 3.05) is 20.1 Å². The lowest BCUT2D eigenvalue weighted by Gasteiger charge is -2.46. The zero-order valence-corrected chi connectivity index (χ0v) is 15.0. The van der Waals surface area contributed by atoms with Crippen molar-refractivity contribution in [3.63, 3.8) is 0 Å². The maximum absolute atomic E-state index is 3.82. The topological polar surface area (TPSA) is 15.3 Å². The monoisotopic (exact) mass is 294 g/mol. The van der Waals surface area contributed by atoms with E-state index in [1.807, 2.05) is 0 Å². The fourth-order valence-corrected chi connectivity index (χ4v) is 4.86. The van der Waals surface area contributed by atoms with E-state index in [2.05, 4.69) is 38.0 Å². The molecular weight excluding hydrogens is 256 g/mol. The molecule has 0 saturated heterocycles. The minimum atomic E-state index is 0.462. The minimum Gasteiger partial charge on any atom is -0.313 e. The number of nitrogens with zero attached hydrogens (tertiary/aromatic N) is 1. The van der Waals surface area contributed by atoms with Crippen LogP contribution in [0.15, 0.2) is 0 Å². The third kappa shape index (κ3) is 4.69. The third-order valence-electron chi connectivity index (χ3n) is 6.10. The Morgan fingerprint density at radius 3 is 2.29 bits per heavy atom. The smallest absolute Gasteiger partial charge is 0.0159 e. The molecule has 124 valence electrons. The molecule has 2 fully saturated rings. The summed E-state index contributed by atoms with van der Waals surface area (Å²) in [6.45, 7) is 9.61. The Hall–Kier alpha value is -0.0800. The van der Waals surface area contributed by atoms with Gasteiger partial charge < -0.3 is 10.2 Å². The first kappa shape index (κ1) is 17.3. The van der Waals surface area contributed by atoms with Gasteiger partial charge in [0.2, 0.25) is 0 Å². The van der Waals surface area contributed by atoms with Crippen molar-refractivity contribution < 1.29 is 0 Å². The highest BCUT2D eigenvalue weighted by Crippen LogP contribution is 2.39. The van der Waals surface area contributed by atoms with Crippen LogP contribution in [-0.4, -0.2) is 37.1 Å². The van der Waals surface area contributed by atoms with Crippen molar-refractivity contribution in [3.05, 3.63) is 0 Å². The van der Waals surface area contributed by atoms with E-state index in [1.54, 1.807) is 0 Å². The Labute approximate surface area is 133 Å². The summed E-state index contributed by atoms with van der Waals surface area (Å²) in [5, 5.41) is 3.82. The van der Waals surface area contributed by atoms with Gasteiger partial charge in [-0.3, -0.25) is 0 Å². The fraction of sp³-hybridized carbons (Fsp3) is 1.00. The van der Waals surface area contributed by atoms with Gasteiger partial charge >= 0.3 is 0 Å². The molecule has 0 amide bonds. The second-order valence-electron chi connectivity index (χ2n) is 8.26. The quantitative estimate of drug-likeness (QED) is 0.754. The largest absolute Gasteiger partial charge is 0.313 e.